The van der Waals surface area contributed by atoms with Crippen LogP contribution >= 0.6 is 0 Å². The normalized spacial score (nSPS) is 12.0. The fourth-order valence-electron chi connectivity index (χ4n) is 2.92. The Morgan fingerprint density at radius 1 is 1.22 bits per heavy atom. The van der Waals surface area contributed by atoms with Crippen molar-refractivity contribution in [1.29, 1.82) is 0 Å². The van der Waals surface area contributed by atoms with E-state index in [2.05, 4.69) is 17.1 Å². The van der Waals surface area contributed by atoms with Crippen LogP contribution in [0.2, 0.25) is 0 Å². The van der Waals surface area contributed by atoms with Crippen molar-refractivity contribution in [2.24, 2.45) is 0 Å². The second-order valence-corrected chi connectivity index (χ2v) is 5.65. The van der Waals surface area contributed by atoms with E-state index in [0.29, 0.717) is 12.0 Å². The van der Waals surface area contributed by atoms with E-state index < -0.39 is 5.92 Å². The Bertz CT molecular complexity index is 719. The quantitative estimate of drug-likeness (QED) is 0.834. The van der Waals surface area contributed by atoms with E-state index >= 15 is 0 Å². The van der Waals surface area contributed by atoms with Gasteiger partial charge in [-0.25, -0.2) is 0 Å². The van der Waals surface area contributed by atoms with Crippen molar-refractivity contribution in [2.45, 2.75) is 39.0 Å². The first-order valence-corrected chi connectivity index (χ1v) is 7.91. The van der Waals surface area contributed by atoms with Crippen molar-refractivity contribution >= 4 is 5.97 Å². The van der Waals surface area contributed by atoms with Crippen LogP contribution in [0.3, 0.4) is 0 Å². The number of carbonyl (C=O) groups excluding carboxylic acids is 1. The number of aromatic amines is 1. The Morgan fingerprint density at radius 3 is 2.52 bits per heavy atom. The monoisotopic (exact) mass is 313 g/mol. The van der Waals surface area contributed by atoms with Gasteiger partial charge >= 0.3 is 5.97 Å². The standard InChI is InChI=1S/C19H23NO3/c1-4-16(19(22)23-3)17-13(2)15(12-20-18(17)21)11-10-14-8-6-5-7-9-14/h5-9,12,16H,4,10-11H2,1-3H3,(H,20,21). The van der Waals surface area contributed by atoms with E-state index in [9.17, 15) is 9.59 Å². The highest BCUT2D eigenvalue weighted by molar-refractivity contribution is 5.78. The second-order valence-electron chi connectivity index (χ2n) is 5.65. The predicted molar refractivity (Wildman–Crippen MR) is 90.7 cm³/mol. The van der Waals surface area contributed by atoms with Crippen molar-refractivity contribution in [3.8, 4) is 0 Å². The molecule has 1 heterocycles. The lowest BCUT2D eigenvalue weighted by molar-refractivity contribution is -0.142. The van der Waals surface area contributed by atoms with Crippen LogP contribution in [0.1, 0.15) is 41.5 Å². The van der Waals surface area contributed by atoms with Gasteiger partial charge in [0.2, 0.25) is 0 Å². The van der Waals surface area contributed by atoms with Crippen LogP contribution in [0.4, 0.5) is 0 Å². The number of aryl methyl sites for hydroxylation is 2. The fraction of sp³-hybridized carbons (Fsp3) is 0.368. The highest BCUT2D eigenvalue weighted by atomic mass is 16.5. The van der Waals surface area contributed by atoms with E-state index in [0.717, 1.165) is 24.0 Å². The van der Waals surface area contributed by atoms with Crippen LogP contribution in [0.25, 0.3) is 0 Å². The number of methoxy groups -OCH3 is 1. The molecule has 0 bridgehead atoms. The van der Waals surface area contributed by atoms with Crippen molar-refractivity contribution < 1.29 is 9.53 Å². The zero-order valence-corrected chi connectivity index (χ0v) is 13.9. The number of hydrogen-bond acceptors (Lipinski definition) is 3. The van der Waals surface area contributed by atoms with Crippen molar-refractivity contribution in [1.82, 2.24) is 4.98 Å². The number of carbonyl (C=O) groups is 1. The zero-order chi connectivity index (χ0) is 16.8. The topological polar surface area (TPSA) is 59.2 Å². The van der Waals surface area contributed by atoms with Crippen LogP contribution in [0.15, 0.2) is 41.3 Å². The molecule has 0 fully saturated rings. The first kappa shape index (κ1) is 17.0. The lowest BCUT2D eigenvalue weighted by atomic mass is 9.90. The minimum absolute atomic E-state index is 0.205. The van der Waals surface area contributed by atoms with Crippen LogP contribution < -0.4 is 5.56 Å². The third-order valence-electron chi connectivity index (χ3n) is 4.28. The summed E-state index contributed by atoms with van der Waals surface area (Å²) in [4.78, 5) is 27.0. The Balaban J connectivity index is 2.31. The summed E-state index contributed by atoms with van der Waals surface area (Å²) < 4.78 is 4.85. The number of esters is 1. The van der Waals surface area contributed by atoms with E-state index in [4.69, 9.17) is 4.74 Å². The van der Waals surface area contributed by atoms with Gasteiger partial charge in [-0.15, -0.1) is 0 Å². The molecule has 2 aromatic rings. The maximum Gasteiger partial charge on any atom is 0.313 e. The molecule has 122 valence electrons. The van der Waals surface area contributed by atoms with Gasteiger partial charge in [0.1, 0.15) is 0 Å². The first-order chi connectivity index (χ1) is 11.1. The predicted octanol–water partition coefficient (Wildman–Crippen LogP) is 3.14. The molecule has 0 aliphatic rings. The minimum atomic E-state index is -0.513. The summed E-state index contributed by atoms with van der Waals surface area (Å²) in [5.41, 5.74) is 3.53. The largest absolute Gasteiger partial charge is 0.469 e. The Hall–Kier alpha value is -2.36. The average Bonchev–Trinajstić information content (AvgIpc) is 2.58. The molecule has 1 atom stereocenters. The summed E-state index contributed by atoms with van der Waals surface area (Å²) in [7, 11) is 1.35. The van der Waals surface area contributed by atoms with Gasteiger partial charge in [0, 0.05) is 11.8 Å². The third-order valence-corrected chi connectivity index (χ3v) is 4.28. The lowest BCUT2D eigenvalue weighted by Crippen LogP contribution is -2.25. The van der Waals surface area contributed by atoms with E-state index in [1.165, 1.54) is 12.7 Å². The summed E-state index contributed by atoms with van der Waals surface area (Å²) >= 11 is 0. The summed E-state index contributed by atoms with van der Waals surface area (Å²) in [6.45, 7) is 3.80. The molecule has 0 amide bonds. The highest BCUT2D eigenvalue weighted by Crippen LogP contribution is 2.23. The Kier molecular flexibility index (Phi) is 5.74. The lowest BCUT2D eigenvalue weighted by Gasteiger charge is -2.17. The van der Waals surface area contributed by atoms with Gasteiger partial charge in [-0.1, -0.05) is 37.3 Å². The molecule has 1 aromatic heterocycles. The minimum Gasteiger partial charge on any atom is -0.469 e. The number of H-pyrrole nitrogens is 1. The molecule has 4 nitrogen and oxygen atoms in total. The highest BCUT2D eigenvalue weighted by Gasteiger charge is 2.25. The molecule has 0 aliphatic carbocycles. The second kappa shape index (κ2) is 7.77. The van der Waals surface area contributed by atoms with Crippen molar-refractivity contribution in [2.75, 3.05) is 7.11 Å². The van der Waals surface area contributed by atoms with Crippen LogP contribution in [0.5, 0.6) is 0 Å². The van der Waals surface area contributed by atoms with Gasteiger partial charge in [-0.05, 0) is 42.9 Å². The fourth-order valence-corrected chi connectivity index (χ4v) is 2.92. The van der Waals surface area contributed by atoms with Gasteiger partial charge in [-0.3, -0.25) is 9.59 Å². The number of nitrogens with one attached hydrogen (secondary N) is 1. The molecular formula is C19H23NO3. The molecular weight excluding hydrogens is 290 g/mol. The molecule has 4 heteroatoms. The average molecular weight is 313 g/mol. The molecule has 1 aromatic carbocycles. The molecule has 0 saturated carbocycles. The summed E-state index contributed by atoms with van der Waals surface area (Å²) in [5, 5.41) is 0. The van der Waals surface area contributed by atoms with Crippen LogP contribution in [-0.4, -0.2) is 18.1 Å². The smallest absolute Gasteiger partial charge is 0.313 e. The van der Waals surface area contributed by atoms with Gasteiger partial charge in [0.15, 0.2) is 0 Å². The number of ether oxygens (including phenoxy) is 1. The maximum absolute atomic E-state index is 12.2. The SMILES string of the molecule is CCC(C(=O)OC)c1c(C)c(CCc2ccccc2)c[nH]c1=O. The van der Waals surface area contributed by atoms with E-state index in [1.807, 2.05) is 32.0 Å². The Labute approximate surface area is 136 Å². The first-order valence-electron chi connectivity index (χ1n) is 7.91. The molecule has 1 unspecified atom stereocenters. The molecule has 23 heavy (non-hydrogen) atoms. The van der Waals surface area contributed by atoms with Crippen molar-refractivity contribution in [3.05, 3.63) is 69.1 Å². The molecule has 1 N–H and O–H groups in total. The van der Waals surface area contributed by atoms with Gasteiger partial charge in [0.05, 0.1) is 13.0 Å². The van der Waals surface area contributed by atoms with E-state index in [-0.39, 0.29) is 11.5 Å². The maximum atomic E-state index is 12.2. The van der Waals surface area contributed by atoms with E-state index in [1.54, 1.807) is 6.20 Å². The van der Waals surface area contributed by atoms with Crippen molar-refractivity contribution in [3.63, 3.8) is 0 Å². The summed E-state index contributed by atoms with van der Waals surface area (Å²) in [5.74, 6) is -0.873. The molecule has 0 saturated heterocycles. The van der Waals surface area contributed by atoms with Gasteiger partial charge in [-0.2, -0.15) is 0 Å². The van der Waals surface area contributed by atoms with Gasteiger partial charge < -0.3 is 9.72 Å². The molecule has 2 rings (SSSR count). The Morgan fingerprint density at radius 2 is 1.91 bits per heavy atom. The van der Waals surface area contributed by atoms with Crippen LogP contribution in [0, 0.1) is 6.92 Å². The number of benzene rings is 1. The zero-order valence-electron chi connectivity index (χ0n) is 13.9. The van der Waals surface area contributed by atoms with Gasteiger partial charge in [0.25, 0.3) is 5.56 Å². The number of hydrogen-bond donors (Lipinski definition) is 1. The summed E-state index contributed by atoms with van der Waals surface area (Å²) in [6.07, 6.45) is 4.01. The number of aromatic nitrogens is 1. The molecule has 0 radical (unpaired) electrons. The number of rotatable bonds is 6. The van der Waals surface area contributed by atoms with Crippen LogP contribution in [-0.2, 0) is 22.4 Å². The summed E-state index contributed by atoms with van der Waals surface area (Å²) in [6, 6.07) is 10.2. The molecule has 0 spiro atoms. The molecule has 0 aliphatic heterocycles. The number of pyridine rings is 1. The third kappa shape index (κ3) is 3.89.